The molecule has 4 nitrogen and oxygen atoms in total. The zero-order chi connectivity index (χ0) is 23.9. The van der Waals surface area contributed by atoms with Gasteiger partial charge in [-0.1, -0.05) is 51.5 Å². The second-order valence-electron chi connectivity index (χ2n) is 11.2. The van der Waals surface area contributed by atoms with Crippen molar-refractivity contribution >= 4 is 6.09 Å². The summed E-state index contributed by atoms with van der Waals surface area (Å²) in [6.45, 7) is 9.50. The number of carbonyl (C=O) groups excluding carboxylic acids is 1. The molecular weight excluding hydrogens is 427 g/mol. The molecular formula is C29H37FN2O2. The molecule has 5 heteroatoms. The Bertz CT molecular complexity index is 1040. The Morgan fingerprint density at radius 2 is 1.91 bits per heavy atom. The Hall–Kier alpha value is -2.40. The van der Waals surface area contributed by atoms with Crippen molar-refractivity contribution in [2.75, 3.05) is 19.6 Å². The topological polar surface area (TPSA) is 41.6 Å². The summed E-state index contributed by atoms with van der Waals surface area (Å²) >= 11 is 0. The first-order valence-electron chi connectivity index (χ1n) is 12.9. The first kappa shape index (κ1) is 23.3. The van der Waals surface area contributed by atoms with Crippen LogP contribution in [0.2, 0.25) is 0 Å². The Labute approximate surface area is 202 Å². The van der Waals surface area contributed by atoms with Crippen LogP contribution in [-0.4, -0.2) is 36.7 Å². The number of alkyl carbamates (subject to hydrolysis) is 1. The number of benzene rings is 2. The summed E-state index contributed by atoms with van der Waals surface area (Å²) in [4.78, 5) is 15.3. The number of unbranched alkanes of at least 4 members (excludes halogenated alkanes) is 1. The maximum absolute atomic E-state index is 15.3. The maximum Gasteiger partial charge on any atom is 0.407 e. The van der Waals surface area contributed by atoms with E-state index in [1.165, 1.54) is 12.0 Å². The largest absolute Gasteiger partial charge is 0.445 e. The van der Waals surface area contributed by atoms with Crippen LogP contribution < -0.4 is 5.32 Å². The number of amides is 1. The van der Waals surface area contributed by atoms with E-state index in [2.05, 4.69) is 43.1 Å². The zero-order valence-corrected chi connectivity index (χ0v) is 20.7. The third-order valence-corrected chi connectivity index (χ3v) is 8.17. The summed E-state index contributed by atoms with van der Waals surface area (Å²) in [6, 6.07) is 11.6. The van der Waals surface area contributed by atoms with Crippen LogP contribution >= 0.6 is 0 Å². The molecule has 3 heterocycles. The Morgan fingerprint density at radius 3 is 2.56 bits per heavy atom. The van der Waals surface area contributed by atoms with Crippen LogP contribution in [0.15, 0.2) is 36.4 Å². The Morgan fingerprint density at radius 1 is 1.18 bits per heavy atom. The van der Waals surface area contributed by atoms with Gasteiger partial charge in [-0.25, -0.2) is 9.18 Å². The molecule has 2 aromatic rings. The van der Waals surface area contributed by atoms with Gasteiger partial charge in [-0.3, -0.25) is 4.90 Å². The third kappa shape index (κ3) is 4.59. The fourth-order valence-electron chi connectivity index (χ4n) is 6.13. The van der Waals surface area contributed by atoms with Crippen molar-refractivity contribution in [3.63, 3.8) is 0 Å². The van der Waals surface area contributed by atoms with E-state index in [9.17, 15) is 4.79 Å². The number of fused-ring (bicyclic) bond motifs is 4. The Balaban J connectivity index is 1.32. The van der Waals surface area contributed by atoms with Crippen LogP contribution in [0.5, 0.6) is 0 Å². The molecule has 0 saturated carbocycles. The van der Waals surface area contributed by atoms with Gasteiger partial charge in [0.15, 0.2) is 0 Å². The highest BCUT2D eigenvalue weighted by Crippen LogP contribution is 2.47. The molecule has 6 rings (SSSR count). The molecule has 0 unspecified atom stereocenters. The number of carbonyl (C=O) groups is 1. The first-order valence-corrected chi connectivity index (χ1v) is 12.9. The molecule has 3 aliphatic heterocycles. The number of halogens is 1. The standard InChI is InChI=1S/C29H37FN2O2/c1-4-5-6-19-7-9-20(10-8-19)23-15-22-17-29(2,3)27(24(22)16-25(23)30)31-28(33)34-26-18-32-13-11-21(26)12-14-32/h7-10,15-16,21,26-27H,4-6,11-14,17-18H2,1-3H3,(H,31,33)/t26-,27+/m1/s1. The minimum Gasteiger partial charge on any atom is -0.445 e. The molecule has 2 atom stereocenters. The van der Waals surface area contributed by atoms with Gasteiger partial charge in [0.1, 0.15) is 11.9 Å². The fourth-order valence-corrected chi connectivity index (χ4v) is 6.13. The highest BCUT2D eigenvalue weighted by atomic mass is 19.1. The van der Waals surface area contributed by atoms with Crippen molar-refractivity contribution in [1.82, 2.24) is 10.2 Å². The summed E-state index contributed by atoms with van der Waals surface area (Å²) in [5.41, 5.74) is 4.58. The highest BCUT2D eigenvalue weighted by molar-refractivity contribution is 5.70. The van der Waals surface area contributed by atoms with Gasteiger partial charge in [0, 0.05) is 12.1 Å². The number of ether oxygens (including phenoxy) is 1. The lowest BCUT2D eigenvalue weighted by atomic mass is 9.85. The maximum atomic E-state index is 15.3. The van der Waals surface area contributed by atoms with Gasteiger partial charge in [0.25, 0.3) is 0 Å². The number of piperidine rings is 3. The molecule has 0 radical (unpaired) electrons. The van der Waals surface area contributed by atoms with Crippen molar-refractivity contribution in [2.24, 2.45) is 11.3 Å². The van der Waals surface area contributed by atoms with Crippen LogP contribution in [-0.2, 0) is 17.6 Å². The monoisotopic (exact) mass is 464 g/mol. The second-order valence-corrected chi connectivity index (χ2v) is 11.2. The minimum absolute atomic E-state index is 0.0362. The van der Waals surface area contributed by atoms with Crippen molar-refractivity contribution in [1.29, 1.82) is 0 Å². The van der Waals surface area contributed by atoms with Crippen molar-refractivity contribution in [2.45, 2.75) is 71.4 Å². The lowest BCUT2D eigenvalue weighted by Crippen LogP contribution is -2.53. The van der Waals surface area contributed by atoms with Crippen LogP contribution in [0, 0.1) is 17.2 Å². The molecule has 2 aromatic carbocycles. The van der Waals surface area contributed by atoms with Crippen LogP contribution in [0.3, 0.4) is 0 Å². The molecule has 2 bridgehead atoms. The summed E-state index contributed by atoms with van der Waals surface area (Å²) in [7, 11) is 0. The number of rotatable bonds is 6. The fraction of sp³-hybridized carbons (Fsp3) is 0.552. The molecule has 0 spiro atoms. The molecule has 1 aliphatic carbocycles. The van der Waals surface area contributed by atoms with E-state index in [4.69, 9.17) is 4.74 Å². The zero-order valence-electron chi connectivity index (χ0n) is 20.7. The number of nitrogens with zero attached hydrogens (tertiary/aromatic N) is 1. The van der Waals surface area contributed by atoms with Gasteiger partial charge in [0.05, 0.1) is 6.04 Å². The molecule has 1 amide bonds. The van der Waals surface area contributed by atoms with E-state index < -0.39 is 0 Å². The van der Waals surface area contributed by atoms with Gasteiger partial charge in [-0.05, 0) is 90.9 Å². The quantitative estimate of drug-likeness (QED) is 0.547. The first-order chi connectivity index (χ1) is 16.3. The van der Waals surface area contributed by atoms with Crippen LogP contribution in [0.1, 0.15) is 69.2 Å². The Kier molecular flexibility index (Phi) is 6.41. The molecule has 3 saturated heterocycles. The normalized spacial score (nSPS) is 26.8. The third-order valence-electron chi connectivity index (χ3n) is 8.17. The minimum atomic E-state index is -0.378. The van der Waals surface area contributed by atoms with Gasteiger partial charge in [-0.2, -0.15) is 0 Å². The predicted octanol–water partition coefficient (Wildman–Crippen LogP) is 6.28. The molecule has 1 N–H and O–H groups in total. The van der Waals surface area contributed by atoms with Crippen molar-refractivity contribution in [3.8, 4) is 11.1 Å². The van der Waals surface area contributed by atoms with E-state index in [1.807, 2.05) is 18.2 Å². The number of aryl methyl sites for hydroxylation is 1. The average molecular weight is 465 g/mol. The summed E-state index contributed by atoms with van der Waals surface area (Å²) in [6.07, 6.45) is 5.96. The van der Waals surface area contributed by atoms with E-state index in [0.29, 0.717) is 11.5 Å². The van der Waals surface area contributed by atoms with E-state index >= 15 is 4.39 Å². The number of nitrogens with one attached hydrogen (secondary N) is 1. The van der Waals surface area contributed by atoms with Crippen LogP contribution in [0.25, 0.3) is 11.1 Å². The van der Waals surface area contributed by atoms with Gasteiger partial charge in [0.2, 0.25) is 0 Å². The van der Waals surface area contributed by atoms with E-state index in [0.717, 1.165) is 68.4 Å². The van der Waals surface area contributed by atoms with Gasteiger partial charge < -0.3 is 10.1 Å². The highest BCUT2D eigenvalue weighted by Gasteiger charge is 2.42. The SMILES string of the molecule is CCCCc1ccc(-c2cc3c(cc2F)[C@H](NC(=O)O[C@@H]2CN4CCC2CC4)C(C)(C)C3)cc1. The molecule has 4 aliphatic rings. The van der Waals surface area contributed by atoms with Crippen molar-refractivity contribution in [3.05, 3.63) is 58.9 Å². The molecule has 3 fully saturated rings. The number of hydrogen-bond acceptors (Lipinski definition) is 3. The summed E-state index contributed by atoms with van der Waals surface area (Å²) in [5, 5.41) is 3.10. The van der Waals surface area contributed by atoms with Gasteiger partial charge >= 0.3 is 6.09 Å². The summed E-state index contributed by atoms with van der Waals surface area (Å²) in [5.74, 6) is 0.225. The van der Waals surface area contributed by atoms with E-state index in [1.54, 1.807) is 6.07 Å². The second kappa shape index (κ2) is 9.33. The molecule has 34 heavy (non-hydrogen) atoms. The lowest BCUT2D eigenvalue weighted by molar-refractivity contribution is -0.0349. The van der Waals surface area contributed by atoms with Gasteiger partial charge in [-0.15, -0.1) is 0 Å². The molecule has 0 aromatic heterocycles. The predicted molar refractivity (Wildman–Crippen MR) is 133 cm³/mol. The molecule has 182 valence electrons. The lowest BCUT2D eigenvalue weighted by Gasteiger charge is -2.44. The van der Waals surface area contributed by atoms with Crippen LogP contribution in [0.4, 0.5) is 9.18 Å². The average Bonchev–Trinajstić information content (AvgIpc) is 3.07. The van der Waals surface area contributed by atoms with E-state index in [-0.39, 0.29) is 29.5 Å². The number of hydrogen-bond donors (Lipinski definition) is 1. The smallest absolute Gasteiger partial charge is 0.407 e. The van der Waals surface area contributed by atoms with Crippen molar-refractivity contribution < 1.29 is 13.9 Å². The summed E-state index contributed by atoms with van der Waals surface area (Å²) < 4.78 is 21.2.